The summed E-state index contributed by atoms with van der Waals surface area (Å²) in [6, 6.07) is 3.37. The van der Waals surface area contributed by atoms with Crippen molar-refractivity contribution in [3.8, 4) is 0 Å². The van der Waals surface area contributed by atoms with Crippen molar-refractivity contribution >= 4 is 32.5 Å². The van der Waals surface area contributed by atoms with E-state index in [-0.39, 0.29) is 10.6 Å². The lowest BCUT2D eigenvalue weighted by Gasteiger charge is -1.97. The first-order chi connectivity index (χ1) is 7.63. The fourth-order valence-electron chi connectivity index (χ4n) is 1.70. The molecule has 0 bridgehead atoms. The number of fused-ring (bicyclic) bond motifs is 1. The standard InChI is InChI=1S/C11H9BrN2O2/c1-2-3-7-6-13-11-9(7)4-8(12)5-10(11)14(15)16/h2,4-6,13H,1,3H2. The molecule has 1 heterocycles. The number of non-ortho nitro benzene ring substituents is 1. The fourth-order valence-corrected chi connectivity index (χ4v) is 2.15. The van der Waals surface area contributed by atoms with E-state index in [0.717, 1.165) is 10.9 Å². The van der Waals surface area contributed by atoms with Crippen LogP contribution in [0.15, 0.2) is 35.5 Å². The first-order valence-corrected chi connectivity index (χ1v) is 5.47. The van der Waals surface area contributed by atoms with E-state index in [1.54, 1.807) is 12.3 Å². The van der Waals surface area contributed by atoms with Crippen molar-refractivity contribution in [3.63, 3.8) is 0 Å². The number of rotatable bonds is 3. The molecule has 0 aliphatic rings. The van der Waals surface area contributed by atoms with Gasteiger partial charge in [0, 0.05) is 22.1 Å². The van der Waals surface area contributed by atoms with Gasteiger partial charge in [0.05, 0.1) is 4.92 Å². The molecule has 0 saturated heterocycles. The molecule has 2 aromatic rings. The van der Waals surface area contributed by atoms with Crippen molar-refractivity contribution in [2.45, 2.75) is 6.42 Å². The van der Waals surface area contributed by atoms with Crippen LogP contribution in [0.4, 0.5) is 5.69 Å². The number of nitrogens with zero attached hydrogens (tertiary/aromatic N) is 1. The van der Waals surface area contributed by atoms with Crippen LogP contribution in [-0.4, -0.2) is 9.91 Å². The molecule has 0 fully saturated rings. The Kier molecular flexibility index (Phi) is 2.78. The summed E-state index contributed by atoms with van der Waals surface area (Å²) in [6.07, 6.45) is 4.24. The van der Waals surface area contributed by atoms with Crippen LogP contribution in [0.5, 0.6) is 0 Å². The molecular weight excluding hydrogens is 272 g/mol. The van der Waals surface area contributed by atoms with E-state index in [1.807, 2.05) is 6.07 Å². The summed E-state index contributed by atoms with van der Waals surface area (Å²) < 4.78 is 0.705. The number of aromatic nitrogens is 1. The van der Waals surface area contributed by atoms with Crippen LogP contribution in [0, 0.1) is 10.1 Å². The third-order valence-electron chi connectivity index (χ3n) is 2.38. The number of hydrogen-bond acceptors (Lipinski definition) is 2. The van der Waals surface area contributed by atoms with E-state index in [9.17, 15) is 10.1 Å². The molecule has 1 aromatic heterocycles. The Hall–Kier alpha value is -1.62. The van der Waals surface area contributed by atoms with Crippen LogP contribution >= 0.6 is 15.9 Å². The quantitative estimate of drug-likeness (QED) is 0.531. The molecule has 0 aliphatic heterocycles. The molecule has 0 spiro atoms. The number of benzene rings is 1. The van der Waals surface area contributed by atoms with Crippen molar-refractivity contribution in [2.75, 3.05) is 0 Å². The van der Waals surface area contributed by atoms with E-state index in [4.69, 9.17) is 0 Å². The van der Waals surface area contributed by atoms with Gasteiger partial charge in [-0.05, 0) is 18.1 Å². The van der Waals surface area contributed by atoms with Gasteiger partial charge in [-0.15, -0.1) is 6.58 Å². The molecule has 1 aromatic carbocycles. The van der Waals surface area contributed by atoms with Gasteiger partial charge in [-0.1, -0.05) is 22.0 Å². The SMILES string of the molecule is C=CCc1c[nH]c2c([N+](=O)[O-])cc(Br)cc12. The Morgan fingerprint density at radius 3 is 2.94 bits per heavy atom. The Labute approximate surface area is 100 Å². The van der Waals surface area contributed by atoms with Crippen LogP contribution in [-0.2, 0) is 6.42 Å². The number of nitro benzene ring substituents is 1. The Balaban J connectivity index is 2.75. The van der Waals surface area contributed by atoms with Crippen molar-refractivity contribution in [1.29, 1.82) is 0 Å². The molecule has 1 N–H and O–H groups in total. The molecular formula is C11H9BrN2O2. The second kappa shape index (κ2) is 4.09. The van der Waals surface area contributed by atoms with Crippen LogP contribution in [0.3, 0.4) is 0 Å². The molecule has 0 amide bonds. The average molecular weight is 281 g/mol. The molecule has 16 heavy (non-hydrogen) atoms. The maximum Gasteiger partial charge on any atom is 0.294 e. The summed E-state index contributed by atoms with van der Waals surface area (Å²) in [5.41, 5.74) is 1.65. The first kappa shape index (κ1) is 10.9. The largest absolute Gasteiger partial charge is 0.355 e. The minimum Gasteiger partial charge on any atom is -0.355 e. The Morgan fingerprint density at radius 1 is 1.56 bits per heavy atom. The summed E-state index contributed by atoms with van der Waals surface area (Å²) in [4.78, 5) is 13.4. The van der Waals surface area contributed by atoms with Crippen LogP contribution < -0.4 is 0 Å². The van der Waals surface area contributed by atoms with Gasteiger partial charge >= 0.3 is 0 Å². The summed E-state index contributed by atoms with van der Waals surface area (Å²) in [5, 5.41) is 11.7. The highest BCUT2D eigenvalue weighted by Gasteiger charge is 2.16. The zero-order valence-electron chi connectivity index (χ0n) is 8.37. The molecule has 0 atom stereocenters. The molecule has 0 saturated carbocycles. The van der Waals surface area contributed by atoms with Gasteiger partial charge in [-0.2, -0.15) is 0 Å². The normalized spacial score (nSPS) is 10.6. The topological polar surface area (TPSA) is 58.9 Å². The van der Waals surface area contributed by atoms with E-state index >= 15 is 0 Å². The van der Waals surface area contributed by atoms with Gasteiger partial charge in [-0.25, -0.2) is 0 Å². The van der Waals surface area contributed by atoms with Crippen LogP contribution in [0.1, 0.15) is 5.56 Å². The molecule has 5 heteroatoms. The average Bonchev–Trinajstić information content (AvgIpc) is 2.61. The molecule has 0 unspecified atom stereocenters. The molecule has 0 aliphatic carbocycles. The highest BCUT2D eigenvalue weighted by molar-refractivity contribution is 9.10. The fraction of sp³-hybridized carbons (Fsp3) is 0.0909. The summed E-state index contributed by atoms with van der Waals surface area (Å²) in [6.45, 7) is 3.66. The van der Waals surface area contributed by atoms with E-state index in [2.05, 4.69) is 27.5 Å². The maximum absolute atomic E-state index is 10.9. The van der Waals surface area contributed by atoms with Crippen LogP contribution in [0.2, 0.25) is 0 Å². The Bertz CT molecular complexity index is 575. The zero-order chi connectivity index (χ0) is 11.7. The smallest absolute Gasteiger partial charge is 0.294 e. The predicted octanol–water partition coefficient (Wildman–Crippen LogP) is 3.57. The second-order valence-electron chi connectivity index (χ2n) is 3.41. The van der Waals surface area contributed by atoms with Crippen LogP contribution in [0.25, 0.3) is 10.9 Å². The van der Waals surface area contributed by atoms with E-state index in [1.165, 1.54) is 6.07 Å². The minimum absolute atomic E-state index is 0.0830. The van der Waals surface area contributed by atoms with Gasteiger partial charge < -0.3 is 4.98 Å². The highest BCUT2D eigenvalue weighted by Crippen LogP contribution is 2.31. The predicted molar refractivity (Wildman–Crippen MR) is 66.6 cm³/mol. The first-order valence-electron chi connectivity index (χ1n) is 4.68. The third kappa shape index (κ3) is 1.74. The zero-order valence-corrected chi connectivity index (χ0v) is 9.95. The lowest BCUT2D eigenvalue weighted by atomic mass is 10.1. The lowest BCUT2D eigenvalue weighted by molar-refractivity contribution is -0.383. The number of nitrogens with one attached hydrogen (secondary N) is 1. The van der Waals surface area contributed by atoms with Gasteiger partial charge in [-0.3, -0.25) is 10.1 Å². The summed E-state index contributed by atoms with van der Waals surface area (Å²) in [7, 11) is 0. The molecule has 82 valence electrons. The van der Waals surface area contributed by atoms with Crippen molar-refractivity contribution in [3.05, 3.63) is 51.1 Å². The monoisotopic (exact) mass is 280 g/mol. The van der Waals surface area contributed by atoms with E-state index in [0.29, 0.717) is 16.4 Å². The molecule has 4 nitrogen and oxygen atoms in total. The number of allylic oxidation sites excluding steroid dienone is 1. The van der Waals surface area contributed by atoms with Crippen molar-refractivity contribution in [1.82, 2.24) is 4.98 Å². The summed E-state index contributed by atoms with van der Waals surface area (Å²) in [5.74, 6) is 0. The van der Waals surface area contributed by atoms with Gasteiger partial charge in [0.15, 0.2) is 0 Å². The van der Waals surface area contributed by atoms with Gasteiger partial charge in [0.25, 0.3) is 5.69 Å². The number of nitro groups is 1. The van der Waals surface area contributed by atoms with Gasteiger partial charge in [0.2, 0.25) is 0 Å². The maximum atomic E-state index is 10.9. The number of halogens is 1. The molecule has 2 rings (SSSR count). The second-order valence-corrected chi connectivity index (χ2v) is 4.33. The number of hydrogen-bond donors (Lipinski definition) is 1. The number of aromatic amines is 1. The van der Waals surface area contributed by atoms with Crippen molar-refractivity contribution in [2.24, 2.45) is 0 Å². The lowest BCUT2D eigenvalue weighted by Crippen LogP contribution is -1.89. The van der Waals surface area contributed by atoms with Gasteiger partial charge in [0.1, 0.15) is 5.52 Å². The Morgan fingerprint density at radius 2 is 2.31 bits per heavy atom. The third-order valence-corrected chi connectivity index (χ3v) is 2.84. The van der Waals surface area contributed by atoms with E-state index < -0.39 is 0 Å². The highest BCUT2D eigenvalue weighted by atomic mass is 79.9. The van der Waals surface area contributed by atoms with Crippen molar-refractivity contribution < 1.29 is 4.92 Å². The summed E-state index contributed by atoms with van der Waals surface area (Å²) >= 11 is 3.28. The molecule has 0 radical (unpaired) electrons. The minimum atomic E-state index is -0.388. The number of H-pyrrole nitrogens is 1.